The van der Waals surface area contributed by atoms with E-state index in [1.807, 2.05) is 24.3 Å². The molecule has 0 aliphatic heterocycles. The highest BCUT2D eigenvalue weighted by molar-refractivity contribution is 5.61. The van der Waals surface area contributed by atoms with Crippen LogP contribution in [-0.4, -0.2) is 4.92 Å². The molecule has 20 heavy (non-hydrogen) atoms. The van der Waals surface area contributed by atoms with E-state index in [-0.39, 0.29) is 11.4 Å². The summed E-state index contributed by atoms with van der Waals surface area (Å²) in [4.78, 5) is 10.2. The normalized spacial score (nSPS) is 10.6. The lowest BCUT2D eigenvalue weighted by molar-refractivity contribution is -0.383. The van der Waals surface area contributed by atoms with Gasteiger partial charge in [0.15, 0.2) is 0 Å². The van der Waals surface area contributed by atoms with Crippen molar-refractivity contribution in [1.29, 1.82) is 0 Å². The minimum absolute atomic E-state index is 0.0892. The highest BCUT2D eigenvalue weighted by Gasteiger charge is 2.12. The third-order valence-electron chi connectivity index (χ3n) is 2.98. The van der Waals surface area contributed by atoms with Gasteiger partial charge in [0.25, 0.3) is 5.69 Å². The number of nitro benzene ring substituents is 1. The molecule has 0 amide bonds. The van der Waals surface area contributed by atoms with Gasteiger partial charge in [-0.2, -0.15) is 0 Å². The lowest BCUT2D eigenvalue weighted by Crippen LogP contribution is -1.96. The summed E-state index contributed by atoms with van der Waals surface area (Å²) in [5, 5.41) is 10.7. The number of nitro groups is 1. The highest BCUT2D eigenvalue weighted by atomic mass is 16.6. The van der Waals surface area contributed by atoms with Crippen LogP contribution in [0.2, 0.25) is 0 Å². The van der Waals surface area contributed by atoms with Gasteiger partial charge in [0, 0.05) is 12.1 Å². The van der Waals surface area contributed by atoms with Crippen LogP contribution in [-0.2, 0) is 0 Å². The van der Waals surface area contributed by atoms with E-state index in [0.717, 1.165) is 0 Å². The van der Waals surface area contributed by atoms with Crippen LogP contribution in [0.3, 0.4) is 0 Å². The highest BCUT2D eigenvalue weighted by Crippen LogP contribution is 2.29. The van der Waals surface area contributed by atoms with Crippen molar-refractivity contribution in [2.24, 2.45) is 0 Å². The average Bonchev–Trinajstić information content (AvgIpc) is 2.39. The Balaban J connectivity index is 2.17. The lowest BCUT2D eigenvalue weighted by Gasteiger charge is -2.09. The van der Waals surface area contributed by atoms with Gasteiger partial charge in [-0.25, -0.2) is 0 Å². The Morgan fingerprint density at radius 3 is 2.20 bits per heavy atom. The summed E-state index contributed by atoms with van der Waals surface area (Å²) in [5.74, 6) is 1.60. The minimum Gasteiger partial charge on any atom is -0.457 e. The molecule has 0 radical (unpaired) electrons. The number of nitrogens with zero attached hydrogens (tertiary/aromatic N) is 1. The third kappa shape index (κ3) is 3.06. The number of anilines is 1. The predicted octanol–water partition coefficient (Wildman–Crippen LogP) is 4.09. The monoisotopic (exact) mass is 272 g/mol. The molecule has 0 aromatic heterocycles. The Morgan fingerprint density at radius 1 is 1.10 bits per heavy atom. The molecule has 104 valence electrons. The fourth-order valence-electron chi connectivity index (χ4n) is 1.82. The molecular weight excluding hydrogens is 256 g/mol. The zero-order chi connectivity index (χ0) is 14.7. The first-order valence-corrected chi connectivity index (χ1v) is 6.29. The number of ether oxygens (including phenoxy) is 1. The van der Waals surface area contributed by atoms with Crippen LogP contribution in [0.15, 0.2) is 42.5 Å². The number of nitrogen functional groups attached to an aromatic ring is 1. The second-order valence-corrected chi connectivity index (χ2v) is 4.80. The van der Waals surface area contributed by atoms with Crippen LogP contribution in [0.5, 0.6) is 11.5 Å². The molecule has 0 saturated heterocycles. The molecule has 2 aromatic carbocycles. The first kappa shape index (κ1) is 13.9. The second-order valence-electron chi connectivity index (χ2n) is 4.80. The molecule has 0 heterocycles. The zero-order valence-corrected chi connectivity index (χ0v) is 11.4. The van der Waals surface area contributed by atoms with Crippen molar-refractivity contribution in [2.45, 2.75) is 19.8 Å². The lowest BCUT2D eigenvalue weighted by atomic mass is 10.0. The molecule has 2 rings (SSSR count). The molecule has 0 spiro atoms. The number of benzene rings is 2. The van der Waals surface area contributed by atoms with E-state index >= 15 is 0 Å². The van der Waals surface area contributed by atoms with Crippen LogP contribution >= 0.6 is 0 Å². The van der Waals surface area contributed by atoms with Gasteiger partial charge >= 0.3 is 0 Å². The Hall–Kier alpha value is -2.56. The fourth-order valence-corrected chi connectivity index (χ4v) is 1.82. The van der Waals surface area contributed by atoms with Gasteiger partial charge in [-0.1, -0.05) is 26.0 Å². The zero-order valence-electron chi connectivity index (χ0n) is 11.4. The minimum atomic E-state index is -0.517. The van der Waals surface area contributed by atoms with E-state index in [9.17, 15) is 10.1 Å². The van der Waals surface area contributed by atoms with E-state index in [1.165, 1.54) is 23.8 Å². The molecule has 5 nitrogen and oxygen atoms in total. The Morgan fingerprint density at radius 2 is 1.70 bits per heavy atom. The largest absolute Gasteiger partial charge is 0.457 e. The maximum absolute atomic E-state index is 10.7. The SMILES string of the molecule is CC(C)c1ccc(Oc2ccc([N+](=O)[O-])c(N)c2)cc1. The third-order valence-corrected chi connectivity index (χ3v) is 2.98. The van der Waals surface area contributed by atoms with E-state index in [2.05, 4.69) is 13.8 Å². The van der Waals surface area contributed by atoms with Crippen molar-refractivity contribution in [3.8, 4) is 11.5 Å². The first-order valence-electron chi connectivity index (χ1n) is 6.29. The van der Waals surface area contributed by atoms with Crippen LogP contribution < -0.4 is 10.5 Å². The van der Waals surface area contributed by atoms with Gasteiger partial charge in [0.05, 0.1) is 4.92 Å². The van der Waals surface area contributed by atoms with Gasteiger partial charge < -0.3 is 10.5 Å². The summed E-state index contributed by atoms with van der Waals surface area (Å²) in [6.07, 6.45) is 0. The summed E-state index contributed by atoms with van der Waals surface area (Å²) in [6, 6.07) is 12.1. The number of hydrogen-bond acceptors (Lipinski definition) is 4. The first-order chi connectivity index (χ1) is 9.47. The molecule has 0 unspecified atom stereocenters. The van der Waals surface area contributed by atoms with Gasteiger partial charge in [-0.15, -0.1) is 0 Å². The summed E-state index contributed by atoms with van der Waals surface area (Å²) in [6.45, 7) is 4.24. The number of rotatable bonds is 4. The van der Waals surface area contributed by atoms with Gasteiger partial charge in [0.2, 0.25) is 0 Å². The Labute approximate surface area is 117 Å². The second kappa shape index (κ2) is 5.61. The predicted molar refractivity (Wildman–Crippen MR) is 78.1 cm³/mol. The summed E-state index contributed by atoms with van der Waals surface area (Å²) in [7, 11) is 0. The molecule has 0 atom stereocenters. The molecule has 0 aliphatic carbocycles. The van der Waals surface area contributed by atoms with Crippen molar-refractivity contribution >= 4 is 11.4 Å². The molecule has 5 heteroatoms. The van der Waals surface area contributed by atoms with E-state index < -0.39 is 4.92 Å². The molecule has 2 aromatic rings. The average molecular weight is 272 g/mol. The molecule has 2 N–H and O–H groups in total. The summed E-state index contributed by atoms with van der Waals surface area (Å²) >= 11 is 0. The van der Waals surface area contributed by atoms with Crippen molar-refractivity contribution in [2.75, 3.05) is 5.73 Å². The van der Waals surface area contributed by atoms with Crippen LogP contribution in [0.1, 0.15) is 25.3 Å². The van der Waals surface area contributed by atoms with E-state index in [0.29, 0.717) is 17.4 Å². The van der Waals surface area contributed by atoms with Gasteiger partial charge in [-0.3, -0.25) is 10.1 Å². The van der Waals surface area contributed by atoms with Gasteiger partial charge in [-0.05, 0) is 29.7 Å². The van der Waals surface area contributed by atoms with Crippen molar-refractivity contribution in [1.82, 2.24) is 0 Å². The summed E-state index contributed by atoms with van der Waals surface area (Å²) < 4.78 is 5.63. The molecule has 0 aliphatic rings. The smallest absolute Gasteiger partial charge is 0.292 e. The maximum Gasteiger partial charge on any atom is 0.292 e. The van der Waals surface area contributed by atoms with Crippen molar-refractivity contribution in [3.63, 3.8) is 0 Å². The van der Waals surface area contributed by atoms with E-state index in [4.69, 9.17) is 10.5 Å². The van der Waals surface area contributed by atoms with Gasteiger partial charge in [0.1, 0.15) is 17.2 Å². The molecule has 0 fully saturated rings. The van der Waals surface area contributed by atoms with Crippen LogP contribution in [0, 0.1) is 10.1 Å². The summed E-state index contributed by atoms with van der Waals surface area (Å²) in [5.41, 5.74) is 6.81. The topological polar surface area (TPSA) is 78.4 Å². The van der Waals surface area contributed by atoms with Crippen LogP contribution in [0.4, 0.5) is 11.4 Å². The Kier molecular flexibility index (Phi) is 3.89. The van der Waals surface area contributed by atoms with E-state index in [1.54, 1.807) is 0 Å². The molecular formula is C15H16N2O3. The molecule has 0 bridgehead atoms. The fraction of sp³-hybridized carbons (Fsp3) is 0.200. The quantitative estimate of drug-likeness (QED) is 0.516. The molecule has 0 saturated carbocycles. The standard InChI is InChI=1S/C15H16N2O3/c1-10(2)11-3-5-12(6-4-11)20-13-7-8-15(17(18)19)14(16)9-13/h3-10H,16H2,1-2H3. The van der Waals surface area contributed by atoms with Crippen molar-refractivity contribution in [3.05, 3.63) is 58.1 Å². The van der Waals surface area contributed by atoms with Crippen molar-refractivity contribution < 1.29 is 9.66 Å². The number of hydrogen-bond donors (Lipinski definition) is 1. The van der Waals surface area contributed by atoms with Crippen LogP contribution in [0.25, 0.3) is 0 Å². The Bertz CT molecular complexity index is 622. The maximum atomic E-state index is 10.7. The number of nitrogens with two attached hydrogens (primary N) is 1.